The van der Waals surface area contributed by atoms with E-state index in [0.29, 0.717) is 39.6 Å². The summed E-state index contributed by atoms with van der Waals surface area (Å²) in [6.45, 7) is 1.84. The Morgan fingerprint density at radius 2 is 1.78 bits per heavy atom. The van der Waals surface area contributed by atoms with Crippen molar-refractivity contribution in [3.63, 3.8) is 0 Å². The molecule has 3 N–H and O–H groups in total. The van der Waals surface area contributed by atoms with Crippen LogP contribution in [0, 0.1) is 0 Å². The number of nitrogens with zero attached hydrogens (tertiary/aromatic N) is 1. The fourth-order valence-electron chi connectivity index (χ4n) is 3.45. The van der Waals surface area contributed by atoms with Crippen LogP contribution >= 0.6 is 0 Å². The SMILES string of the molecule is CC(N)C(=O)Nc1ccccc1N=c1cc(-c2ccc3c(c2)OCO3)oc2ccccc12. The fourth-order valence-corrected chi connectivity index (χ4v) is 3.45. The zero-order valence-corrected chi connectivity index (χ0v) is 17.4. The van der Waals surface area contributed by atoms with Crippen molar-refractivity contribution in [1.29, 1.82) is 0 Å². The van der Waals surface area contributed by atoms with Gasteiger partial charge >= 0.3 is 0 Å². The lowest BCUT2D eigenvalue weighted by Crippen LogP contribution is -2.32. The maximum atomic E-state index is 12.1. The van der Waals surface area contributed by atoms with Gasteiger partial charge < -0.3 is 24.9 Å². The minimum atomic E-state index is -0.628. The van der Waals surface area contributed by atoms with Gasteiger partial charge in [0.25, 0.3) is 0 Å². The summed E-state index contributed by atoms with van der Waals surface area (Å²) in [5.74, 6) is 1.74. The smallest absolute Gasteiger partial charge is 0.241 e. The maximum absolute atomic E-state index is 12.1. The Morgan fingerprint density at radius 1 is 1.00 bits per heavy atom. The number of fused-ring (bicyclic) bond motifs is 2. The zero-order chi connectivity index (χ0) is 22.1. The Morgan fingerprint density at radius 3 is 2.66 bits per heavy atom. The van der Waals surface area contributed by atoms with Crippen molar-refractivity contribution in [2.75, 3.05) is 12.1 Å². The molecule has 0 saturated carbocycles. The van der Waals surface area contributed by atoms with E-state index in [1.54, 1.807) is 13.0 Å². The summed E-state index contributed by atoms with van der Waals surface area (Å²) in [6.07, 6.45) is 0. The van der Waals surface area contributed by atoms with Crippen LogP contribution in [0.1, 0.15) is 6.92 Å². The Balaban J connectivity index is 1.66. The quantitative estimate of drug-likeness (QED) is 0.505. The molecule has 0 spiro atoms. The zero-order valence-electron chi connectivity index (χ0n) is 17.4. The predicted octanol–water partition coefficient (Wildman–Crippen LogP) is 4.35. The molecule has 7 heteroatoms. The monoisotopic (exact) mass is 427 g/mol. The van der Waals surface area contributed by atoms with Gasteiger partial charge in [0.2, 0.25) is 12.7 Å². The second-order valence-electron chi connectivity index (χ2n) is 7.47. The highest BCUT2D eigenvalue weighted by Gasteiger charge is 2.16. The molecule has 1 atom stereocenters. The Kier molecular flexibility index (Phi) is 5.09. The third-order valence-corrected chi connectivity index (χ3v) is 5.12. The molecule has 0 radical (unpaired) electrons. The topological polar surface area (TPSA) is 99.1 Å². The van der Waals surface area contributed by atoms with E-state index < -0.39 is 6.04 Å². The number of rotatable bonds is 4. The predicted molar refractivity (Wildman–Crippen MR) is 122 cm³/mol. The molecule has 160 valence electrons. The number of hydrogen-bond donors (Lipinski definition) is 2. The van der Waals surface area contributed by atoms with Gasteiger partial charge in [-0.25, -0.2) is 4.99 Å². The molecule has 5 rings (SSSR count). The van der Waals surface area contributed by atoms with Gasteiger partial charge in [0.1, 0.15) is 11.3 Å². The summed E-state index contributed by atoms with van der Waals surface area (Å²) in [7, 11) is 0. The van der Waals surface area contributed by atoms with Crippen molar-refractivity contribution in [3.05, 3.63) is 78.2 Å². The number of benzene rings is 3. The average molecular weight is 427 g/mol. The van der Waals surface area contributed by atoms with Crippen LogP contribution in [0.2, 0.25) is 0 Å². The lowest BCUT2D eigenvalue weighted by atomic mass is 10.1. The first-order chi connectivity index (χ1) is 15.6. The molecule has 1 unspecified atom stereocenters. The van der Waals surface area contributed by atoms with E-state index in [2.05, 4.69) is 5.32 Å². The molecule has 2 heterocycles. The molecular weight excluding hydrogens is 406 g/mol. The van der Waals surface area contributed by atoms with E-state index in [1.807, 2.05) is 66.7 Å². The van der Waals surface area contributed by atoms with Gasteiger partial charge in [-0.2, -0.15) is 0 Å². The van der Waals surface area contributed by atoms with E-state index in [-0.39, 0.29) is 12.7 Å². The molecule has 1 aliphatic heterocycles. The van der Waals surface area contributed by atoms with Crippen molar-refractivity contribution >= 4 is 28.3 Å². The summed E-state index contributed by atoms with van der Waals surface area (Å²) < 4.78 is 17.1. The van der Waals surface area contributed by atoms with Crippen LogP contribution < -0.4 is 25.9 Å². The number of ether oxygens (including phenoxy) is 2. The van der Waals surface area contributed by atoms with E-state index in [0.717, 1.165) is 10.9 Å². The van der Waals surface area contributed by atoms with Crippen molar-refractivity contribution < 1.29 is 18.7 Å². The van der Waals surface area contributed by atoms with E-state index >= 15 is 0 Å². The van der Waals surface area contributed by atoms with Gasteiger partial charge in [-0.05, 0) is 49.4 Å². The lowest BCUT2D eigenvalue weighted by molar-refractivity contribution is -0.117. The lowest BCUT2D eigenvalue weighted by Gasteiger charge is -2.10. The van der Waals surface area contributed by atoms with Crippen LogP contribution in [0.4, 0.5) is 11.4 Å². The first-order valence-electron chi connectivity index (χ1n) is 10.2. The van der Waals surface area contributed by atoms with Crippen LogP contribution in [-0.4, -0.2) is 18.7 Å². The average Bonchev–Trinajstić information content (AvgIpc) is 3.28. The Labute approximate surface area is 184 Å². The highest BCUT2D eigenvalue weighted by molar-refractivity contribution is 5.96. The molecule has 0 bridgehead atoms. The molecule has 0 fully saturated rings. The van der Waals surface area contributed by atoms with E-state index in [4.69, 9.17) is 24.6 Å². The molecule has 0 aliphatic carbocycles. The molecule has 4 aromatic rings. The maximum Gasteiger partial charge on any atom is 0.241 e. The number of carbonyl (C=O) groups is 1. The molecule has 1 aromatic heterocycles. The number of anilines is 1. The van der Waals surface area contributed by atoms with Crippen LogP contribution in [0.5, 0.6) is 11.5 Å². The van der Waals surface area contributed by atoms with Crippen LogP contribution in [-0.2, 0) is 4.79 Å². The van der Waals surface area contributed by atoms with Crippen molar-refractivity contribution in [3.8, 4) is 22.8 Å². The summed E-state index contributed by atoms with van der Waals surface area (Å²) in [5.41, 5.74) is 8.45. The Hall–Kier alpha value is -4.10. The second kappa shape index (κ2) is 8.20. The third-order valence-electron chi connectivity index (χ3n) is 5.12. The molecule has 0 saturated heterocycles. The normalized spacial score (nSPS) is 13.9. The highest BCUT2D eigenvalue weighted by Crippen LogP contribution is 2.36. The standard InChI is InChI=1S/C25H21N3O4/c1-15(26)25(29)28-19-8-4-3-7-18(19)27-20-13-23(32-21-9-5-2-6-17(20)21)16-10-11-22-24(12-16)31-14-30-22/h2-13,15H,14,26H2,1H3,(H,28,29). The number of carbonyl (C=O) groups excluding carboxylic acids is 1. The number of amides is 1. The van der Waals surface area contributed by atoms with E-state index in [9.17, 15) is 4.79 Å². The van der Waals surface area contributed by atoms with E-state index in [1.165, 1.54) is 0 Å². The van der Waals surface area contributed by atoms with Crippen molar-refractivity contribution in [1.82, 2.24) is 0 Å². The number of nitrogens with two attached hydrogens (primary N) is 1. The molecule has 1 aliphatic rings. The Bertz CT molecular complexity index is 1390. The second-order valence-corrected chi connectivity index (χ2v) is 7.47. The van der Waals surface area contributed by atoms with Gasteiger partial charge in [0.05, 0.1) is 22.8 Å². The molecule has 7 nitrogen and oxygen atoms in total. The summed E-state index contributed by atoms with van der Waals surface area (Å²) in [6, 6.07) is 22.0. The van der Waals surface area contributed by atoms with Gasteiger partial charge in [-0.1, -0.05) is 24.3 Å². The molecule has 3 aromatic carbocycles. The largest absolute Gasteiger partial charge is 0.456 e. The number of hydrogen-bond acceptors (Lipinski definition) is 6. The fraction of sp³-hybridized carbons (Fsp3) is 0.120. The third kappa shape index (κ3) is 3.81. The summed E-state index contributed by atoms with van der Waals surface area (Å²) in [4.78, 5) is 17.0. The molecular formula is C25H21N3O4. The van der Waals surface area contributed by atoms with Gasteiger partial charge in [0, 0.05) is 17.0 Å². The minimum absolute atomic E-state index is 0.207. The minimum Gasteiger partial charge on any atom is -0.456 e. The molecule has 1 amide bonds. The number of nitrogens with one attached hydrogen (secondary N) is 1. The van der Waals surface area contributed by atoms with Gasteiger partial charge in [-0.3, -0.25) is 4.79 Å². The summed E-state index contributed by atoms with van der Waals surface area (Å²) >= 11 is 0. The van der Waals surface area contributed by atoms with Crippen molar-refractivity contribution in [2.24, 2.45) is 10.7 Å². The first-order valence-corrected chi connectivity index (χ1v) is 10.2. The number of para-hydroxylation sites is 3. The van der Waals surface area contributed by atoms with Gasteiger partial charge in [-0.15, -0.1) is 0 Å². The van der Waals surface area contributed by atoms with Crippen LogP contribution in [0.15, 0.2) is 82.2 Å². The highest BCUT2D eigenvalue weighted by atomic mass is 16.7. The summed E-state index contributed by atoms with van der Waals surface area (Å²) in [5, 5.41) is 4.40. The first kappa shape index (κ1) is 19.8. The van der Waals surface area contributed by atoms with Crippen LogP contribution in [0.3, 0.4) is 0 Å². The van der Waals surface area contributed by atoms with Crippen molar-refractivity contribution in [2.45, 2.75) is 13.0 Å². The van der Waals surface area contributed by atoms with Gasteiger partial charge in [0.15, 0.2) is 11.5 Å². The van der Waals surface area contributed by atoms with Crippen LogP contribution in [0.25, 0.3) is 22.3 Å². The molecule has 32 heavy (non-hydrogen) atoms.